The molecule has 2 atom stereocenters. The van der Waals surface area contributed by atoms with Crippen LogP contribution in [0.4, 0.5) is 5.13 Å². The zero-order chi connectivity index (χ0) is 9.97. The SMILES string of the molecule is Cc1nnc(N[C@@H]2CCCC[C@H]2N)s1. The minimum absolute atomic E-state index is 0.271. The summed E-state index contributed by atoms with van der Waals surface area (Å²) >= 11 is 1.59. The third-order valence-electron chi connectivity index (χ3n) is 2.65. The van der Waals surface area contributed by atoms with E-state index >= 15 is 0 Å². The van der Waals surface area contributed by atoms with Crippen molar-refractivity contribution in [2.75, 3.05) is 5.32 Å². The van der Waals surface area contributed by atoms with Gasteiger partial charge in [0, 0.05) is 12.1 Å². The molecule has 2 rings (SSSR count). The van der Waals surface area contributed by atoms with Crippen LogP contribution in [-0.4, -0.2) is 22.3 Å². The van der Waals surface area contributed by atoms with Gasteiger partial charge >= 0.3 is 0 Å². The second-order valence-electron chi connectivity index (χ2n) is 3.83. The Morgan fingerprint density at radius 2 is 2.14 bits per heavy atom. The van der Waals surface area contributed by atoms with E-state index in [-0.39, 0.29) is 6.04 Å². The monoisotopic (exact) mass is 212 g/mol. The topological polar surface area (TPSA) is 63.8 Å². The summed E-state index contributed by atoms with van der Waals surface area (Å²) < 4.78 is 0. The van der Waals surface area contributed by atoms with Gasteiger partial charge in [-0.1, -0.05) is 24.2 Å². The van der Waals surface area contributed by atoms with E-state index in [2.05, 4.69) is 15.5 Å². The standard InChI is InChI=1S/C9H16N4S/c1-6-12-13-9(14-6)11-8-5-3-2-4-7(8)10/h7-8H,2-5,10H2,1H3,(H,11,13)/t7-,8-/m1/s1. The van der Waals surface area contributed by atoms with Crippen LogP contribution in [0.15, 0.2) is 0 Å². The lowest BCUT2D eigenvalue weighted by atomic mass is 9.91. The highest BCUT2D eigenvalue weighted by Crippen LogP contribution is 2.22. The molecular weight excluding hydrogens is 196 g/mol. The van der Waals surface area contributed by atoms with Crippen molar-refractivity contribution in [3.63, 3.8) is 0 Å². The van der Waals surface area contributed by atoms with Crippen molar-refractivity contribution in [3.05, 3.63) is 5.01 Å². The Balaban J connectivity index is 1.95. The molecule has 1 aliphatic rings. The highest BCUT2D eigenvalue weighted by atomic mass is 32.1. The third kappa shape index (κ3) is 2.22. The maximum Gasteiger partial charge on any atom is 0.205 e. The van der Waals surface area contributed by atoms with Gasteiger partial charge in [-0.25, -0.2) is 0 Å². The Labute approximate surface area is 87.9 Å². The summed E-state index contributed by atoms with van der Waals surface area (Å²) in [4.78, 5) is 0. The van der Waals surface area contributed by atoms with E-state index in [4.69, 9.17) is 5.73 Å². The van der Waals surface area contributed by atoms with Crippen LogP contribution in [0.2, 0.25) is 0 Å². The number of hydrogen-bond donors (Lipinski definition) is 2. The summed E-state index contributed by atoms with van der Waals surface area (Å²) in [6, 6.07) is 0.657. The van der Waals surface area contributed by atoms with Gasteiger partial charge in [0.2, 0.25) is 5.13 Å². The first-order valence-corrected chi connectivity index (χ1v) is 5.89. The maximum absolute atomic E-state index is 6.03. The summed E-state index contributed by atoms with van der Waals surface area (Å²) in [5.74, 6) is 0. The number of hydrogen-bond acceptors (Lipinski definition) is 5. The molecule has 0 amide bonds. The predicted molar refractivity (Wildman–Crippen MR) is 58.5 cm³/mol. The van der Waals surface area contributed by atoms with Gasteiger partial charge in [0.1, 0.15) is 5.01 Å². The fourth-order valence-corrected chi connectivity index (χ4v) is 2.51. The molecule has 1 fully saturated rings. The van der Waals surface area contributed by atoms with Gasteiger partial charge in [-0.05, 0) is 19.8 Å². The van der Waals surface area contributed by atoms with Crippen LogP contribution in [0, 0.1) is 6.92 Å². The second-order valence-corrected chi connectivity index (χ2v) is 5.01. The van der Waals surface area contributed by atoms with Crippen molar-refractivity contribution >= 4 is 16.5 Å². The van der Waals surface area contributed by atoms with E-state index in [1.54, 1.807) is 11.3 Å². The van der Waals surface area contributed by atoms with E-state index < -0.39 is 0 Å². The predicted octanol–water partition coefficient (Wildman–Crippen LogP) is 1.53. The highest BCUT2D eigenvalue weighted by molar-refractivity contribution is 7.15. The van der Waals surface area contributed by atoms with Crippen molar-refractivity contribution in [1.29, 1.82) is 0 Å². The molecule has 1 aromatic rings. The Morgan fingerprint density at radius 1 is 1.36 bits per heavy atom. The summed E-state index contributed by atoms with van der Waals surface area (Å²) in [6.45, 7) is 1.96. The Morgan fingerprint density at radius 3 is 2.79 bits per heavy atom. The van der Waals surface area contributed by atoms with Crippen molar-refractivity contribution in [2.24, 2.45) is 5.73 Å². The summed E-state index contributed by atoms with van der Waals surface area (Å²) in [5.41, 5.74) is 6.03. The zero-order valence-corrected chi connectivity index (χ0v) is 9.18. The van der Waals surface area contributed by atoms with E-state index in [0.717, 1.165) is 23.0 Å². The Bertz CT molecular complexity index is 299. The molecule has 1 aliphatic carbocycles. The van der Waals surface area contributed by atoms with Crippen LogP contribution in [0.5, 0.6) is 0 Å². The molecule has 14 heavy (non-hydrogen) atoms. The van der Waals surface area contributed by atoms with Gasteiger partial charge in [-0.2, -0.15) is 0 Å². The molecule has 3 N–H and O–H groups in total. The van der Waals surface area contributed by atoms with Gasteiger partial charge < -0.3 is 11.1 Å². The molecule has 0 bridgehead atoms. The number of anilines is 1. The van der Waals surface area contributed by atoms with Crippen molar-refractivity contribution in [3.8, 4) is 0 Å². The van der Waals surface area contributed by atoms with Gasteiger partial charge in [0.25, 0.3) is 0 Å². The van der Waals surface area contributed by atoms with Crippen molar-refractivity contribution in [2.45, 2.75) is 44.7 Å². The second kappa shape index (κ2) is 4.23. The number of rotatable bonds is 2. The fraction of sp³-hybridized carbons (Fsp3) is 0.778. The molecule has 0 aromatic carbocycles. The molecular formula is C9H16N4S. The molecule has 1 aromatic heterocycles. The van der Waals surface area contributed by atoms with Crippen LogP contribution in [0.3, 0.4) is 0 Å². The molecule has 0 radical (unpaired) electrons. The van der Waals surface area contributed by atoms with E-state index in [1.165, 1.54) is 12.8 Å². The zero-order valence-electron chi connectivity index (χ0n) is 8.36. The molecule has 0 unspecified atom stereocenters. The number of nitrogens with zero attached hydrogens (tertiary/aromatic N) is 2. The quantitative estimate of drug-likeness (QED) is 0.780. The van der Waals surface area contributed by atoms with E-state index in [0.29, 0.717) is 6.04 Å². The van der Waals surface area contributed by atoms with Gasteiger partial charge in [-0.15, -0.1) is 10.2 Å². The number of aromatic nitrogens is 2. The first-order valence-electron chi connectivity index (χ1n) is 5.08. The number of aryl methyl sites for hydroxylation is 1. The van der Waals surface area contributed by atoms with Crippen molar-refractivity contribution in [1.82, 2.24) is 10.2 Å². The molecule has 4 nitrogen and oxygen atoms in total. The first-order chi connectivity index (χ1) is 6.75. The van der Waals surface area contributed by atoms with Gasteiger partial charge in [0.15, 0.2) is 0 Å². The molecule has 0 saturated heterocycles. The highest BCUT2D eigenvalue weighted by Gasteiger charge is 2.22. The van der Waals surface area contributed by atoms with Gasteiger partial charge in [-0.3, -0.25) is 0 Å². The van der Waals surface area contributed by atoms with E-state index in [9.17, 15) is 0 Å². The van der Waals surface area contributed by atoms with E-state index in [1.807, 2.05) is 6.92 Å². The largest absolute Gasteiger partial charge is 0.356 e. The van der Waals surface area contributed by atoms with Crippen LogP contribution in [-0.2, 0) is 0 Å². The molecule has 78 valence electrons. The summed E-state index contributed by atoms with van der Waals surface area (Å²) in [6.07, 6.45) is 4.80. The molecule has 1 saturated carbocycles. The summed E-state index contributed by atoms with van der Waals surface area (Å²) in [7, 11) is 0. The lowest BCUT2D eigenvalue weighted by Gasteiger charge is -2.28. The van der Waals surface area contributed by atoms with Crippen molar-refractivity contribution < 1.29 is 0 Å². The van der Waals surface area contributed by atoms with Gasteiger partial charge in [0.05, 0.1) is 0 Å². The average molecular weight is 212 g/mol. The third-order valence-corrected chi connectivity index (χ3v) is 3.42. The Kier molecular flexibility index (Phi) is 2.98. The maximum atomic E-state index is 6.03. The van der Waals surface area contributed by atoms with Crippen LogP contribution in [0.1, 0.15) is 30.7 Å². The number of nitrogens with one attached hydrogen (secondary N) is 1. The lowest BCUT2D eigenvalue weighted by Crippen LogP contribution is -2.42. The minimum atomic E-state index is 0.271. The minimum Gasteiger partial charge on any atom is -0.356 e. The smallest absolute Gasteiger partial charge is 0.205 e. The molecule has 5 heteroatoms. The summed E-state index contributed by atoms with van der Waals surface area (Å²) in [5, 5.41) is 13.3. The number of nitrogens with two attached hydrogens (primary N) is 1. The fourth-order valence-electron chi connectivity index (χ4n) is 1.85. The molecule has 0 aliphatic heterocycles. The molecule has 0 spiro atoms. The van der Waals surface area contributed by atoms with Crippen LogP contribution in [0.25, 0.3) is 0 Å². The first kappa shape index (κ1) is 9.86. The molecule has 1 heterocycles. The Hall–Kier alpha value is -0.680. The average Bonchev–Trinajstić information content (AvgIpc) is 2.56. The van der Waals surface area contributed by atoms with Crippen LogP contribution >= 0.6 is 11.3 Å². The normalized spacial score (nSPS) is 27.6. The van der Waals surface area contributed by atoms with Crippen LogP contribution < -0.4 is 11.1 Å². The lowest BCUT2D eigenvalue weighted by molar-refractivity contribution is 0.404.